The summed E-state index contributed by atoms with van der Waals surface area (Å²) in [4.78, 5) is 18.1. The zero-order chi connectivity index (χ0) is 32.0. The van der Waals surface area contributed by atoms with Gasteiger partial charge in [-0.3, -0.25) is 4.79 Å². The fourth-order valence-electron chi connectivity index (χ4n) is 5.76. The Hall–Kier alpha value is -0.770. The molecule has 0 aromatic carbocycles. The van der Waals surface area contributed by atoms with Gasteiger partial charge in [0.2, 0.25) is 5.91 Å². The third-order valence-corrected chi connectivity index (χ3v) is 10.5. The van der Waals surface area contributed by atoms with E-state index in [1.165, 1.54) is 109 Å². The number of rotatable bonds is 32. The van der Waals surface area contributed by atoms with E-state index in [0.29, 0.717) is 19.3 Å². The molecule has 0 aliphatic carbocycles. The van der Waals surface area contributed by atoms with Crippen LogP contribution < -0.4 is 0 Å². The quantitative estimate of drug-likeness (QED) is 0.0459. The second kappa shape index (κ2) is 31.2. The maximum absolute atomic E-state index is 14.1. The molecule has 0 rings (SSSR count). The predicted molar refractivity (Wildman–Crippen MR) is 190 cm³/mol. The number of hydrogen-bond donors (Lipinski definition) is 1. The third kappa shape index (κ3) is 25.1. The van der Waals surface area contributed by atoms with Crippen LogP contribution in [0.15, 0.2) is 12.2 Å². The number of amides is 1. The molecule has 0 aliphatic heterocycles. The number of nitrogens with zero attached hydrogens (tertiary/aromatic N) is 2. The topological polar surface area (TPSA) is 60.9 Å². The lowest BCUT2D eigenvalue weighted by molar-refractivity contribution is -0.135. The minimum Gasteiger partial charge on any atom is -0.392 e. The maximum atomic E-state index is 14.1. The van der Waals surface area contributed by atoms with Gasteiger partial charge >= 0.3 is 7.80 Å². The van der Waals surface area contributed by atoms with Crippen LogP contribution in [0.3, 0.4) is 0 Å². The van der Waals surface area contributed by atoms with Crippen LogP contribution in [0.2, 0.25) is 0 Å². The van der Waals surface area contributed by atoms with Gasteiger partial charge in [0.15, 0.2) is 11.8 Å². The molecular formula is C37H74N2O3P+. The smallest absolute Gasteiger partial charge is 0.347 e. The number of allylic oxidation sites excluding steroid dienone is 1. The molecule has 0 spiro atoms. The number of hydrogen-bond acceptors (Lipinski definition) is 4. The minimum atomic E-state index is -1.59. The highest BCUT2D eigenvalue weighted by atomic mass is 31.1. The van der Waals surface area contributed by atoms with Gasteiger partial charge in [-0.05, 0) is 39.8 Å². The molecule has 1 amide bonds. The summed E-state index contributed by atoms with van der Waals surface area (Å²) in [7, 11) is 2.38. The molecule has 0 saturated heterocycles. The highest BCUT2D eigenvalue weighted by molar-refractivity contribution is 7.45. The van der Waals surface area contributed by atoms with Gasteiger partial charge in [-0.15, -0.1) is 0 Å². The molecule has 254 valence electrons. The molecule has 2 unspecified atom stereocenters. The van der Waals surface area contributed by atoms with E-state index in [2.05, 4.69) is 32.9 Å². The molecule has 0 aromatic rings. The van der Waals surface area contributed by atoms with Crippen molar-refractivity contribution in [3.63, 3.8) is 0 Å². The maximum Gasteiger partial charge on any atom is 0.347 e. The Morgan fingerprint density at radius 2 is 1.16 bits per heavy atom. The standard InChI is InChI=1S/C37H74N2O3P/c1-6-9-12-15-18-19-20-21-24-27-30-39(33-36(34-40)43(42)32-31-38(4)5)37(41)35(28-25-22-16-13-10-7-2)29-26-23-17-14-11-8-3/h24,27,35-36,40H,6-23,25-26,28-34H2,1-5H3/q+1. The average molecular weight is 626 g/mol. The molecule has 0 fully saturated rings. The highest BCUT2D eigenvalue weighted by Crippen LogP contribution is 2.30. The molecule has 5 nitrogen and oxygen atoms in total. The average Bonchev–Trinajstić information content (AvgIpc) is 3.00. The SMILES string of the molecule is CCCCCCCCCC=CCN(CC(CO)[P+](=O)CCN(C)C)C(=O)C(CCCCCCCC)CCCCCCCC. The van der Waals surface area contributed by atoms with E-state index in [0.717, 1.165) is 38.6 Å². The number of unbranched alkanes of at least 4 members (excludes halogenated alkanes) is 17. The molecular weight excluding hydrogens is 551 g/mol. The summed E-state index contributed by atoms with van der Waals surface area (Å²) < 4.78 is 13.1. The lowest BCUT2D eigenvalue weighted by atomic mass is 9.92. The molecule has 0 aliphatic rings. The van der Waals surface area contributed by atoms with Crippen molar-refractivity contribution in [1.82, 2.24) is 9.80 Å². The van der Waals surface area contributed by atoms with Crippen LogP contribution in [0.5, 0.6) is 0 Å². The number of carbonyl (C=O) groups excluding carboxylic acids is 1. The first kappa shape index (κ1) is 42.2. The Balaban J connectivity index is 5.36. The molecule has 2 atom stereocenters. The van der Waals surface area contributed by atoms with Gasteiger partial charge < -0.3 is 14.9 Å². The number of carbonyl (C=O) groups is 1. The first-order valence-corrected chi connectivity index (χ1v) is 20.1. The van der Waals surface area contributed by atoms with Crippen molar-refractivity contribution in [2.24, 2.45) is 5.92 Å². The first-order chi connectivity index (χ1) is 20.9. The Morgan fingerprint density at radius 3 is 1.63 bits per heavy atom. The summed E-state index contributed by atoms with van der Waals surface area (Å²) in [5.41, 5.74) is -0.362. The largest absolute Gasteiger partial charge is 0.392 e. The van der Waals surface area contributed by atoms with E-state index in [4.69, 9.17) is 0 Å². The lowest BCUT2D eigenvalue weighted by Crippen LogP contribution is -2.41. The number of aliphatic hydroxyl groups is 1. The predicted octanol–water partition coefficient (Wildman–Crippen LogP) is 10.4. The summed E-state index contributed by atoms with van der Waals surface area (Å²) >= 11 is 0. The van der Waals surface area contributed by atoms with Crippen LogP contribution in [-0.4, -0.2) is 73.0 Å². The van der Waals surface area contributed by atoms with Crippen molar-refractivity contribution in [2.45, 2.75) is 168 Å². The van der Waals surface area contributed by atoms with E-state index in [1.807, 2.05) is 23.9 Å². The Morgan fingerprint density at radius 1 is 0.698 bits per heavy atom. The van der Waals surface area contributed by atoms with Crippen molar-refractivity contribution in [1.29, 1.82) is 0 Å². The Kier molecular flexibility index (Phi) is 30.7. The Labute approximate surface area is 269 Å². The van der Waals surface area contributed by atoms with Gasteiger partial charge in [0.1, 0.15) is 0 Å². The fraction of sp³-hybridized carbons (Fsp3) is 0.919. The molecule has 0 radical (unpaired) electrons. The summed E-state index contributed by atoms with van der Waals surface area (Å²) in [6.07, 6.45) is 31.9. The number of aliphatic hydroxyl groups excluding tert-OH is 1. The van der Waals surface area contributed by atoms with Crippen molar-refractivity contribution in [3.8, 4) is 0 Å². The zero-order valence-electron chi connectivity index (χ0n) is 29.5. The van der Waals surface area contributed by atoms with Gasteiger partial charge in [-0.2, -0.15) is 0 Å². The van der Waals surface area contributed by atoms with Crippen LogP contribution in [0.4, 0.5) is 0 Å². The summed E-state index contributed by atoms with van der Waals surface area (Å²) in [6.45, 7) is 8.32. The van der Waals surface area contributed by atoms with Crippen LogP contribution in [0, 0.1) is 5.92 Å². The normalized spacial score (nSPS) is 13.0. The Bertz CT molecular complexity index is 654. The van der Waals surface area contributed by atoms with E-state index >= 15 is 0 Å². The molecule has 1 N–H and O–H groups in total. The van der Waals surface area contributed by atoms with Gasteiger partial charge in [-0.25, -0.2) is 0 Å². The van der Waals surface area contributed by atoms with E-state index in [-0.39, 0.29) is 24.1 Å². The van der Waals surface area contributed by atoms with Gasteiger partial charge in [0.25, 0.3) is 0 Å². The molecule has 0 heterocycles. The second-order valence-electron chi connectivity index (χ2n) is 13.2. The zero-order valence-corrected chi connectivity index (χ0v) is 30.4. The van der Waals surface area contributed by atoms with Crippen LogP contribution in [-0.2, 0) is 9.36 Å². The fourth-order valence-corrected chi connectivity index (χ4v) is 7.28. The highest BCUT2D eigenvalue weighted by Gasteiger charge is 2.34. The van der Waals surface area contributed by atoms with Gasteiger partial charge in [0.05, 0.1) is 13.2 Å². The summed E-state index contributed by atoms with van der Waals surface area (Å²) in [5.74, 6) is 0.255. The van der Waals surface area contributed by atoms with Crippen molar-refractivity contribution < 1.29 is 14.5 Å². The summed E-state index contributed by atoms with van der Waals surface area (Å²) in [5, 5.41) is 10.2. The van der Waals surface area contributed by atoms with Gasteiger partial charge in [0, 0.05) is 19.0 Å². The molecule has 6 heteroatoms. The summed E-state index contributed by atoms with van der Waals surface area (Å²) in [6, 6.07) is 0. The van der Waals surface area contributed by atoms with E-state index in [1.54, 1.807) is 0 Å². The molecule has 0 bridgehead atoms. The van der Waals surface area contributed by atoms with Crippen LogP contribution >= 0.6 is 7.80 Å². The van der Waals surface area contributed by atoms with Gasteiger partial charge in [-0.1, -0.05) is 153 Å². The third-order valence-electron chi connectivity index (χ3n) is 8.76. The molecule has 43 heavy (non-hydrogen) atoms. The van der Waals surface area contributed by atoms with Crippen molar-refractivity contribution in [3.05, 3.63) is 12.2 Å². The van der Waals surface area contributed by atoms with E-state index in [9.17, 15) is 14.5 Å². The first-order valence-electron chi connectivity index (χ1n) is 18.5. The van der Waals surface area contributed by atoms with Crippen molar-refractivity contribution >= 4 is 13.7 Å². The van der Waals surface area contributed by atoms with Crippen LogP contribution in [0.1, 0.15) is 162 Å². The lowest BCUT2D eigenvalue weighted by Gasteiger charge is -2.27. The second-order valence-corrected chi connectivity index (χ2v) is 15.2. The molecule has 0 aromatic heterocycles. The minimum absolute atomic E-state index is 0.0351. The van der Waals surface area contributed by atoms with E-state index < -0.39 is 7.80 Å². The monoisotopic (exact) mass is 626 g/mol. The molecule has 0 saturated carbocycles. The van der Waals surface area contributed by atoms with Crippen molar-refractivity contribution in [2.75, 3.05) is 46.5 Å². The van der Waals surface area contributed by atoms with Crippen LogP contribution in [0.25, 0.3) is 0 Å².